The van der Waals surface area contributed by atoms with Crippen molar-refractivity contribution in [3.05, 3.63) is 53.2 Å². The van der Waals surface area contributed by atoms with Gasteiger partial charge in [0.2, 0.25) is 0 Å². The molecule has 0 bridgehead atoms. The van der Waals surface area contributed by atoms with Gasteiger partial charge in [-0.25, -0.2) is 4.79 Å². The van der Waals surface area contributed by atoms with E-state index in [0.717, 1.165) is 36.1 Å². The molecule has 3 heteroatoms. The first kappa shape index (κ1) is 23.1. The number of pyridine rings is 1. The van der Waals surface area contributed by atoms with Crippen molar-refractivity contribution in [2.24, 2.45) is 0 Å². The fourth-order valence-electron chi connectivity index (χ4n) is 3.86. The molecule has 0 fully saturated rings. The van der Waals surface area contributed by atoms with E-state index >= 15 is 0 Å². The first-order chi connectivity index (χ1) is 14.1. The topological polar surface area (TPSA) is 50.2 Å². The molecular weight excluding hydrogens is 358 g/mol. The highest BCUT2D eigenvalue weighted by molar-refractivity contribution is 5.90. The Kier molecular flexibility index (Phi) is 9.90. The Morgan fingerprint density at radius 1 is 0.966 bits per heavy atom. The third-order valence-electron chi connectivity index (χ3n) is 5.74. The van der Waals surface area contributed by atoms with Crippen LogP contribution in [-0.4, -0.2) is 16.1 Å². The van der Waals surface area contributed by atoms with Gasteiger partial charge in [-0.05, 0) is 54.5 Å². The third-order valence-corrected chi connectivity index (χ3v) is 5.74. The van der Waals surface area contributed by atoms with E-state index in [9.17, 15) is 9.90 Å². The van der Waals surface area contributed by atoms with E-state index in [4.69, 9.17) is 0 Å². The van der Waals surface area contributed by atoms with Crippen LogP contribution in [0.15, 0.2) is 36.5 Å². The number of carboxylic acids is 1. The predicted molar refractivity (Wildman–Crippen MR) is 122 cm³/mol. The normalized spacial score (nSPS) is 12.1. The Bertz CT molecular complexity index is 752. The monoisotopic (exact) mass is 395 g/mol. The Morgan fingerprint density at radius 2 is 1.69 bits per heavy atom. The molecule has 1 N–H and O–H groups in total. The molecule has 1 aromatic heterocycles. The van der Waals surface area contributed by atoms with Crippen molar-refractivity contribution in [1.29, 1.82) is 0 Å². The van der Waals surface area contributed by atoms with Crippen molar-refractivity contribution < 1.29 is 9.90 Å². The lowest BCUT2D eigenvalue weighted by Gasteiger charge is -2.16. The molecule has 0 amide bonds. The van der Waals surface area contributed by atoms with E-state index in [1.54, 1.807) is 6.07 Å². The van der Waals surface area contributed by atoms with E-state index in [1.807, 2.05) is 18.3 Å². The second kappa shape index (κ2) is 12.4. The van der Waals surface area contributed by atoms with Crippen molar-refractivity contribution in [3.63, 3.8) is 0 Å². The third kappa shape index (κ3) is 7.30. The summed E-state index contributed by atoms with van der Waals surface area (Å²) in [6, 6.07) is 9.90. The summed E-state index contributed by atoms with van der Waals surface area (Å²) in [5.41, 5.74) is 4.54. The molecule has 0 saturated heterocycles. The van der Waals surface area contributed by atoms with Crippen molar-refractivity contribution >= 4 is 5.97 Å². The number of benzene rings is 1. The fourth-order valence-corrected chi connectivity index (χ4v) is 3.86. The maximum absolute atomic E-state index is 11.7. The van der Waals surface area contributed by atoms with Crippen molar-refractivity contribution in [3.8, 4) is 11.3 Å². The fraction of sp³-hybridized carbons (Fsp3) is 0.538. The molecule has 0 unspecified atom stereocenters. The SMILES string of the molecule is CCCCCCC[C@H](C)c1cc(-c2ccc(CCCCC)cn2)ccc1C(=O)O. The molecule has 0 aliphatic rings. The number of carboxylic acid groups (broad SMARTS) is 1. The van der Waals surface area contributed by atoms with Gasteiger partial charge in [-0.15, -0.1) is 0 Å². The molecule has 0 radical (unpaired) electrons. The molecule has 1 aromatic carbocycles. The minimum Gasteiger partial charge on any atom is -0.478 e. The van der Waals surface area contributed by atoms with Crippen LogP contribution < -0.4 is 0 Å². The summed E-state index contributed by atoms with van der Waals surface area (Å²) in [6.45, 7) is 6.58. The molecule has 29 heavy (non-hydrogen) atoms. The predicted octanol–water partition coefficient (Wildman–Crippen LogP) is 7.64. The standard InChI is InChI=1S/C26H37NO2/c1-4-6-8-9-11-12-20(3)24-18-22(15-16-23(24)26(28)29)25-17-14-21(19-27-25)13-10-7-5-2/h14-20H,4-13H2,1-3H3,(H,28,29)/t20-/m0/s1. The van der Waals surface area contributed by atoms with Crippen LogP contribution in [0.25, 0.3) is 11.3 Å². The highest BCUT2D eigenvalue weighted by Gasteiger charge is 2.17. The second-order valence-corrected chi connectivity index (χ2v) is 8.22. The lowest BCUT2D eigenvalue weighted by molar-refractivity contribution is 0.0695. The van der Waals surface area contributed by atoms with Gasteiger partial charge in [0.05, 0.1) is 11.3 Å². The van der Waals surface area contributed by atoms with Gasteiger partial charge in [-0.2, -0.15) is 0 Å². The summed E-state index contributed by atoms with van der Waals surface area (Å²) in [6.07, 6.45) is 13.9. The van der Waals surface area contributed by atoms with Gasteiger partial charge >= 0.3 is 5.97 Å². The Labute approximate surface area is 176 Å². The van der Waals surface area contributed by atoms with Crippen molar-refractivity contribution in [2.45, 2.75) is 90.9 Å². The molecule has 3 nitrogen and oxygen atoms in total. The van der Waals surface area contributed by atoms with E-state index in [1.165, 1.54) is 50.5 Å². The number of aromatic nitrogens is 1. The van der Waals surface area contributed by atoms with Gasteiger partial charge in [0.15, 0.2) is 0 Å². The van der Waals surface area contributed by atoms with Crippen LogP contribution in [0.5, 0.6) is 0 Å². The van der Waals surface area contributed by atoms with Gasteiger partial charge in [-0.1, -0.05) is 77.8 Å². The average Bonchev–Trinajstić information content (AvgIpc) is 2.73. The number of hydrogen-bond acceptors (Lipinski definition) is 2. The van der Waals surface area contributed by atoms with Crippen LogP contribution in [0.3, 0.4) is 0 Å². The van der Waals surface area contributed by atoms with Crippen LogP contribution in [-0.2, 0) is 6.42 Å². The van der Waals surface area contributed by atoms with Gasteiger partial charge in [0, 0.05) is 11.8 Å². The second-order valence-electron chi connectivity index (χ2n) is 8.22. The summed E-state index contributed by atoms with van der Waals surface area (Å²) in [5.74, 6) is -0.611. The van der Waals surface area contributed by atoms with Gasteiger partial charge in [-0.3, -0.25) is 4.98 Å². The highest BCUT2D eigenvalue weighted by atomic mass is 16.4. The first-order valence-corrected chi connectivity index (χ1v) is 11.4. The average molecular weight is 396 g/mol. The highest BCUT2D eigenvalue weighted by Crippen LogP contribution is 2.30. The van der Waals surface area contributed by atoms with E-state index < -0.39 is 5.97 Å². The zero-order valence-corrected chi connectivity index (χ0v) is 18.4. The van der Waals surface area contributed by atoms with E-state index in [0.29, 0.717) is 5.56 Å². The first-order valence-electron chi connectivity index (χ1n) is 11.4. The van der Waals surface area contributed by atoms with Gasteiger partial charge < -0.3 is 5.11 Å². The van der Waals surface area contributed by atoms with Gasteiger partial charge in [0.25, 0.3) is 0 Å². The lowest BCUT2D eigenvalue weighted by atomic mass is 9.89. The molecule has 1 heterocycles. The smallest absolute Gasteiger partial charge is 0.335 e. The van der Waals surface area contributed by atoms with Gasteiger partial charge in [0.1, 0.15) is 0 Å². The summed E-state index contributed by atoms with van der Waals surface area (Å²) >= 11 is 0. The van der Waals surface area contributed by atoms with Crippen LogP contribution in [0.4, 0.5) is 0 Å². The number of nitrogens with zero attached hydrogens (tertiary/aromatic N) is 1. The molecule has 2 rings (SSSR count). The quantitative estimate of drug-likeness (QED) is 0.354. The number of hydrogen-bond donors (Lipinski definition) is 1. The Hall–Kier alpha value is -2.16. The molecule has 0 spiro atoms. The van der Waals surface area contributed by atoms with Crippen LogP contribution in [0, 0.1) is 0 Å². The summed E-state index contributed by atoms with van der Waals surface area (Å²) in [5, 5.41) is 9.64. The minimum atomic E-state index is -0.844. The molecule has 0 aliphatic heterocycles. The molecule has 0 saturated carbocycles. The molecule has 2 aromatic rings. The molecule has 0 aliphatic carbocycles. The van der Waals surface area contributed by atoms with E-state index in [-0.39, 0.29) is 5.92 Å². The number of rotatable bonds is 13. The van der Waals surface area contributed by atoms with Crippen LogP contribution in [0.2, 0.25) is 0 Å². The Morgan fingerprint density at radius 3 is 2.34 bits per heavy atom. The lowest BCUT2D eigenvalue weighted by Crippen LogP contribution is -2.06. The summed E-state index contributed by atoms with van der Waals surface area (Å²) < 4.78 is 0. The summed E-state index contributed by atoms with van der Waals surface area (Å²) in [4.78, 5) is 16.4. The minimum absolute atomic E-state index is 0.232. The number of aryl methyl sites for hydroxylation is 1. The maximum atomic E-state index is 11.7. The number of aromatic carboxylic acids is 1. The van der Waals surface area contributed by atoms with Crippen LogP contribution >= 0.6 is 0 Å². The maximum Gasteiger partial charge on any atom is 0.335 e. The number of unbranched alkanes of at least 4 members (excludes halogenated alkanes) is 6. The van der Waals surface area contributed by atoms with Crippen molar-refractivity contribution in [2.75, 3.05) is 0 Å². The molecule has 1 atom stereocenters. The Balaban J connectivity index is 2.13. The number of carbonyl (C=O) groups is 1. The molecular formula is C26H37NO2. The molecule has 158 valence electrons. The van der Waals surface area contributed by atoms with E-state index in [2.05, 4.69) is 37.9 Å². The van der Waals surface area contributed by atoms with Crippen molar-refractivity contribution in [1.82, 2.24) is 4.98 Å². The zero-order valence-electron chi connectivity index (χ0n) is 18.4. The zero-order chi connectivity index (χ0) is 21.1. The largest absolute Gasteiger partial charge is 0.478 e. The summed E-state index contributed by atoms with van der Waals surface area (Å²) in [7, 11) is 0. The van der Waals surface area contributed by atoms with Crippen LogP contribution in [0.1, 0.15) is 106 Å².